The van der Waals surface area contributed by atoms with E-state index in [4.69, 9.17) is 0 Å². The van der Waals surface area contributed by atoms with Gasteiger partial charge in [0.15, 0.2) is 0 Å². The van der Waals surface area contributed by atoms with E-state index in [1.807, 2.05) is 73.3 Å². The first-order valence-corrected chi connectivity index (χ1v) is 6.96. The van der Waals surface area contributed by atoms with Gasteiger partial charge in [-0.3, -0.25) is 0 Å². The van der Waals surface area contributed by atoms with Crippen molar-refractivity contribution in [2.75, 3.05) is 0 Å². The van der Waals surface area contributed by atoms with E-state index in [9.17, 15) is 0 Å². The van der Waals surface area contributed by atoms with E-state index < -0.39 is 0 Å². The second-order valence-electron chi connectivity index (χ2n) is 4.82. The van der Waals surface area contributed by atoms with Crippen LogP contribution < -0.4 is 0 Å². The van der Waals surface area contributed by atoms with Crippen molar-refractivity contribution in [1.29, 1.82) is 0 Å². The van der Waals surface area contributed by atoms with Crippen LogP contribution in [0.5, 0.6) is 0 Å². The Balaban J connectivity index is 1.67. The summed E-state index contributed by atoms with van der Waals surface area (Å²) in [6.07, 6.45) is 7.52. The average molecular weight is 290 g/mol. The Bertz CT molecular complexity index is 803. The number of rotatable bonds is 4. The quantitative estimate of drug-likeness (QED) is 0.534. The molecular formula is C16H14N6. The van der Waals surface area contributed by atoms with Crippen molar-refractivity contribution in [3.05, 3.63) is 73.3 Å². The summed E-state index contributed by atoms with van der Waals surface area (Å²) in [5, 5.41) is 8.61. The SMILES string of the molecule is c1c[nH]c(-c2cccn2/N=N/n2cccc2-c2ccc[nH]2)c1. The molecule has 2 N–H and O–H groups in total. The van der Waals surface area contributed by atoms with Crippen LogP contribution >= 0.6 is 0 Å². The van der Waals surface area contributed by atoms with E-state index in [-0.39, 0.29) is 0 Å². The normalized spacial score (nSPS) is 11.5. The van der Waals surface area contributed by atoms with Crippen LogP contribution in [0.2, 0.25) is 0 Å². The molecule has 0 spiro atoms. The molecule has 0 saturated carbocycles. The molecule has 0 fully saturated rings. The van der Waals surface area contributed by atoms with Crippen LogP contribution in [0.15, 0.2) is 83.8 Å². The molecule has 4 rings (SSSR count). The minimum Gasteiger partial charge on any atom is -0.360 e. The lowest BCUT2D eigenvalue weighted by Crippen LogP contribution is -1.93. The molecule has 0 aliphatic heterocycles. The number of nitrogens with one attached hydrogen (secondary N) is 2. The molecule has 0 saturated heterocycles. The van der Waals surface area contributed by atoms with E-state index in [1.165, 1.54) is 0 Å². The molecule has 6 nitrogen and oxygen atoms in total. The van der Waals surface area contributed by atoms with Crippen molar-refractivity contribution in [2.45, 2.75) is 0 Å². The molecule has 4 aromatic heterocycles. The molecule has 22 heavy (non-hydrogen) atoms. The predicted octanol–water partition coefficient (Wildman–Crippen LogP) is 3.96. The van der Waals surface area contributed by atoms with Crippen LogP contribution in [0, 0.1) is 0 Å². The van der Waals surface area contributed by atoms with Gasteiger partial charge in [-0.05, 0) is 59.0 Å². The van der Waals surface area contributed by atoms with Crippen molar-refractivity contribution in [3.8, 4) is 22.8 Å². The fourth-order valence-corrected chi connectivity index (χ4v) is 2.39. The predicted molar refractivity (Wildman–Crippen MR) is 84.1 cm³/mol. The third-order valence-electron chi connectivity index (χ3n) is 3.44. The summed E-state index contributed by atoms with van der Waals surface area (Å²) in [6, 6.07) is 15.8. The zero-order valence-corrected chi connectivity index (χ0v) is 11.7. The highest BCUT2D eigenvalue weighted by Gasteiger charge is 2.05. The van der Waals surface area contributed by atoms with Crippen LogP contribution in [0.3, 0.4) is 0 Å². The lowest BCUT2D eigenvalue weighted by atomic mass is 10.3. The van der Waals surface area contributed by atoms with Gasteiger partial charge in [0.05, 0.1) is 22.8 Å². The second kappa shape index (κ2) is 5.25. The minimum atomic E-state index is 0.960. The van der Waals surface area contributed by atoms with E-state index in [1.54, 1.807) is 9.35 Å². The number of hydrogen-bond donors (Lipinski definition) is 2. The largest absolute Gasteiger partial charge is 0.360 e. The first-order chi connectivity index (χ1) is 10.9. The van der Waals surface area contributed by atoms with E-state index >= 15 is 0 Å². The fourth-order valence-electron chi connectivity index (χ4n) is 2.39. The van der Waals surface area contributed by atoms with E-state index in [2.05, 4.69) is 20.4 Å². The molecule has 0 unspecified atom stereocenters. The average Bonchev–Trinajstić information content (AvgIpc) is 3.32. The lowest BCUT2D eigenvalue weighted by molar-refractivity contribution is 0.699. The van der Waals surface area contributed by atoms with Gasteiger partial charge in [-0.2, -0.15) is 0 Å². The topological polar surface area (TPSA) is 66.2 Å². The van der Waals surface area contributed by atoms with Crippen LogP contribution in [0.1, 0.15) is 0 Å². The van der Waals surface area contributed by atoms with Gasteiger partial charge in [-0.25, -0.2) is 9.35 Å². The number of aromatic amines is 2. The first-order valence-electron chi connectivity index (χ1n) is 6.96. The zero-order chi connectivity index (χ0) is 14.8. The zero-order valence-electron chi connectivity index (χ0n) is 11.7. The Kier molecular flexibility index (Phi) is 2.97. The molecular weight excluding hydrogens is 276 g/mol. The van der Waals surface area contributed by atoms with Gasteiger partial charge >= 0.3 is 0 Å². The molecule has 0 aliphatic rings. The highest BCUT2D eigenvalue weighted by Crippen LogP contribution is 2.20. The van der Waals surface area contributed by atoms with Gasteiger partial charge < -0.3 is 9.97 Å². The van der Waals surface area contributed by atoms with Gasteiger partial charge in [0.1, 0.15) is 0 Å². The van der Waals surface area contributed by atoms with Gasteiger partial charge in [-0.15, -0.1) is 0 Å². The van der Waals surface area contributed by atoms with Crippen molar-refractivity contribution in [1.82, 2.24) is 19.3 Å². The van der Waals surface area contributed by atoms with E-state index in [0.29, 0.717) is 0 Å². The van der Waals surface area contributed by atoms with Crippen LogP contribution in [0.25, 0.3) is 22.8 Å². The molecule has 0 aromatic carbocycles. The monoisotopic (exact) mass is 290 g/mol. The fraction of sp³-hybridized carbons (Fsp3) is 0. The van der Waals surface area contributed by atoms with Crippen LogP contribution in [-0.2, 0) is 0 Å². The van der Waals surface area contributed by atoms with Crippen molar-refractivity contribution in [3.63, 3.8) is 0 Å². The lowest BCUT2D eigenvalue weighted by Gasteiger charge is -2.02. The van der Waals surface area contributed by atoms with Gasteiger partial charge in [0.2, 0.25) is 0 Å². The standard InChI is InChI=1S/C16H14N6/c1-5-13(17-9-1)15-7-3-11-21(15)19-20-22-12-4-8-16(22)14-6-2-10-18-14/h1-12,17-18H/b20-19+. The third kappa shape index (κ3) is 2.16. The second-order valence-corrected chi connectivity index (χ2v) is 4.82. The van der Waals surface area contributed by atoms with Gasteiger partial charge in [0.25, 0.3) is 0 Å². The summed E-state index contributed by atoms with van der Waals surface area (Å²) < 4.78 is 3.48. The maximum atomic E-state index is 4.31. The third-order valence-corrected chi connectivity index (χ3v) is 3.44. The summed E-state index contributed by atoms with van der Waals surface area (Å²) in [5.41, 5.74) is 3.92. The van der Waals surface area contributed by atoms with Crippen LogP contribution in [-0.4, -0.2) is 19.3 Å². The molecule has 4 heterocycles. The molecule has 6 heteroatoms. The Labute approximate surface area is 126 Å². The summed E-state index contributed by atoms with van der Waals surface area (Å²) >= 11 is 0. The molecule has 0 bridgehead atoms. The summed E-state index contributed by atoms with van der Waals surface area (Å²) in [4.78, 5) is 6.35. The molecule has 0 amide bonds. The smallest absolute Gasteiger partial charge is 0.0898 e. The Morgan fingerprint density at radius 1 is 0.636 bits per heavy atom. The maximum absolute atomic E-state index is 4.31. The van der Waals surface area contributed by atoms with Gasteiger partial charge in [0, 0.05) is 24.8 Å². The van der Waals surface area contributed by atoms with Gasteiger partial charge in [-0.1, -0.05) is 0 Å². The van der Waals surface area contributed by atoms with Crippen molar-refractivity contribution < 1.29 is 0 Å². The first kappa shape index (κ1) is 12.5. The highest BCUT2D eigenvalue weighted by molar-refractivity contribution is 5.56. The number of H-pyrrole nitrogens is 2. The molecule has 4 aromatic rings. The Hall–Kier alpha value is -3.28. The molecule has 0 radical (unpaired) electrons. The van der Waals surface area contributed by atoms with Crippen LogP contribution in [0.4, 0.5) is 0 Å². The molecule has 0 atom stereocenters. The molecule has 108 valence electrons. The Morgan fingerprint density at radius 2 is 1.14 bits per heavy atom. The maximum Gasteiger partial charge on any atom is 0.0898 e. The van der Waals surface area contributed by atoms with Crippen molar-refractivity contribution >= 4 is 0 Å². The summed E-state index contributed by atoms with van der Waals surface area (Å²) in [6.45, 7) is 0. The summed E-state index contributed by atoms with van der Waals surface area (Å²) in [7, 11) is 0. The van der Waals surface area contributed by atoms with E-state index in [0.717, 1.165) is 22.8 Å². The van der Waals surface area contributed by atoms with Crippen molar-refractivity contribution in [2.24, 2.45) is 10.4 Å². The highest BCUT2D eigenvalue weighted by atomic mass is 15.6. The number of hydrogen-bond acceptors (Lipinski definition) is 2. The number of aromatic nitrogens is 4. The Morgan fingerprint density at radius 3 is 1.55 bits per heavy atom. The number of nitrogens with zero attached hydrogens (tertiary/aromatic N) is 4. The minimum absolute atomic E-state index is 0.960. The summed E-state index contributed by atoms with van der Waals surface area (Å²) in [5.74, 6) is 0. The molecule has 0 aliphatic carbocycles.